The van der Waals surface area contributed by atoms with Gasteiger partial charge in [-0.05, 0) is 12.8 Å². The van der Waals surface area contributed by atoms with Gasteiger partial charge in [0.15, 0.2) is 0 Å². The highest BCUT2D eigenvalue weighted by atomic mass is 35.5. The summed E-state index contributed by atoms with van der Waals surface area (Å²) in [5.74, 6) is -2.65. The molecule has 2 rings (SSSR count). The number of allylic oxidation sites excluding steroid dienone is 2. The number of carbonyl (C=O) groups is 3. The van der Waals surface area contributed by atoms with E-state index < -0.39 is 11.9 Å². The number of carboxylic acids is 1. The van der Waals surface area contributed by atoms with Crippen molar-refractivity contribution >= 4 is 29.4 Å². The Morgan fingerprint density at radius 2 is 2.06 bits per heavy atom. The van der Waals surface area contributed by atoms with Crippen LogP contribution in [0.4, 0.5) is 0 Å². The Labute approximate surface area is 103 Å². The molecule has 0 bridgehead atoms. The number of rotatable bonds is 3. The van der Waals surface area contributed by atoms with E-state index in [4.69, 9.17) is 11.6 Å². The SMILES string of the molecule is O=C([O-])CCN1C(=O)[C@H]2CC=C(Cl)C[C@@H]2C1=O. The van der Waals surface area contributed by atoms with E-state index >= 15 is 0 Å². The van der Waals surface area contributed by atoms with Gasteiger partial charge < -0.3 is 9.90 Å². The molecule has 0 unspecified atom stereocenters. The van der Waals surface area contributed by atoms with Crippen LogP contribution in [0.15, 0.2) is 11.1 Å². The highest BCUT2D eigenvalue weighted by Gasteiger charge is 2.47. The molecule has 0 spiro atoms. The lowest BCUT2D eigenvalue weighted by Crippen LogP contribution is -2.35. The molecule has 5 nitrogen and oxygen atoms in total. The molecule has 0 N–H and O–H groups in total. The summed E-state index contributed by atoms with van der Waals surface area (Å²) in [4.78, 5) is 35.2. The van der Waals surface area contributed by atoms with Crippen LogP contribution in [0.2, 0.25) is 0 Å². The monoisotopic (exact) mass is 256 g/mol. The lowest BCUT2D eigenvalue weighted by atomic mass is 9.85. The molecule has 1 saturated heterocycles. The van der Waals surface area contributed by atoms with Crippen molar-refractivity contribution < 1.29 is 19.5 Å². The number of carbonyl (C=O) groups excluding carboxylic acids is 3. The van der Waals surface area contributed by atoms with Crippen LogP contribution in [0.3, 0.4) is 0 Å². The first-order chi connectivity index (χ1) is 8.00. The fourth-order valence-corrected chi connectivity index (χ4v) is 2.57. The summed E-state index contributed by atoms with van der Waals surface area (Å²) in [6.07, 6.45) is 2.25. The summed E-state index contributed by atoms with van der Waals surface area (Å²) < 4.78 is 0. The molecule has 0 aromatic carbocycles. The largest absolute Gasteiger partial charge is 0.550 e. The molecule has 0 saturated carbocycles. The molecule has 0 aromatic rings. The van der Waals surface area contributed by atoms with Gasteiger partial charge in [0.2, 0.25) is 11.8 Å². The molecular formula is C11H11ClNO4-. The third-order valence-corrected chi connectivity index (χ3v) is 3.51. The van der Waals surface area contributed by atoms with Gasteiger partial charge in [-0.1, -0.05) is 17.7 Å². The Hall–Kier alpha value is -1.36. The van der Waals surface area contributed by atoms with Crippen molar-refractivity contribution in [1.82, 2.24) is 4.90 Å². The van der Waals surface area contributed by atoms with E-state index in [0.29, 0.717) is 17.9 Å². The molecule has 1 aliphatic heterocycles. The fraction of sp³-hybridized carbons (Fsp3) is 0.545. The van der Waals surface area contributed by atoms with E-state index in [2.05, 4.69) is 0 Å². The van der Waals surface area contributed by atoms with Crippen molar-refractivity contribution in [2.24, 2.45) is 11.8 Å². The van der Waals surface area contributed by atoms with E-state index in [1.165, 1.54) is 0 Å². The van der Waals surface area contributed by atoms with Crippen LogP contribution in [0.1, 0.15) is 19.3 Å². The molecule has 1 fully saturated rings. The van der Waals surface area contributed by atoms with Gasteiger partial charge in [-0.15, -0.1) is 0 Å². The van der Waals surface area contributed by atoms with E-state index in [9.17, 15) is 19.5 Å². The Morgan fingerprint density at radius 1 is 1.41 bits per heavy atom. The first-order valence-electron chi connectivity index (χ1n) is 5.40. The summed E-state index contributed by atoms with van der Waals surface area (Å²) in [6.45, 7) is -0.107. The zero-order valence-corrected chi connectivity index (χ0v) is 9.77. The van der Waals surface area contributed by atoms with Crippen molar-refractivity contribution in [2.75, 3.05) is 6.54 Å². The number of amides is 2. The molecule has 0 radical (unpaired) electrons. The normalized spacial score (nSPS) is 28.1. The molecule has 0 aromatic heterocycles. The van der Waals surface area contributed by atoms with Crippen LogP contribution in [0.5, 0.6) is 0 Å². The van der Waals surface area contributed by atoms with Gasteiger partial charge in [0.1, 0.15) is 0 Å². The van der Waals surface area contributed by atoms with E-state index in [1.807, 2.05) is 0 Å². The topological polar surface area (TPSA) is 77.5 Å². The van der Waals surface area contributed by atoms with Gasteiger partial charge in [0, 0.05) is 24.0 Å². The van der Waals surface area contributed by atoms with Crippen LogP contribution in [0, 0.1) is 11.8 Å². The zero-order chi connectivity index (χ0) is 12.6. The molecule has 1 aliphatic carbocycles. The van der Waals surface area contributed by atoms with Crippen LogP contribution in [-0.4, -0.2) is 29.2 Å². The van der Waals surface area contributed by atoms with E-state index in [0.717, 1.165) is 4.90 Å². The minimum absolute atomic E-state index is 0.107. The second-order valence-corrected chi connectivity index (χ2v) is 4.74. The summed E-state index contributed by atoms with van der Waals surface area (Å²) in [5.41, 5.74) is 0. The van der Waals surface area contributed by atoms with Crippen molar-refractivity contribution in [3.05, 3.63) is 11.1 Å². The number of hydrogen-bond donors (Lipinski definition) is 0. The lowest BCUT2D eigenvalue weighted by molar-refractivity contribution is -0.305. The lowest BCUT2D eigenvalue weighted by Gasteiger charge is -2.17. The maximum Gasteiger partial charge on any atom is 0.233 e. The second-order valence-electron chi connectivity index (χ2n) is 4.25. The van der Waals surface area contributed by atoms with E-state index in [-0.39, 0.29) is 30.7 Å². The Bertz CT molecular complexity index is 418. The third-order valence-electron chi connectivity index (χ3n) is 3.20. The number of fused-ring (bicyclic) bond motifs is 1. The van der Waals surface area contributed by atoms with Gasteiger partial charge in [-0.3, -0.25) is 14.5 Å². The maximum atomic E-state index is 11.9. The molecule has 6 heteroatoms. The number of likely N-dealkylation sites (tertiary alicyclic amines) is 1. The van der Waals surface area contributed by atoms with Crippen molar-refractivity contribution in [3.63, 3.8) is 0 Å². The molecule has 2 atom stereocenters. The highest BCUT2D eigenvalue weighted by Crippen LogP contribution is 2.38. The Morgan fingerprint density at radius 3 is 2.71 bits per heavy atom. The average molecular weight is 257 g/mol. The van der Waals surface area contributed by atoms with Crippen LogP contribution >= 0.6 is 11.6 Å². The van der Waals surface area contributed by atoms with Gasteiger partial charge in [-0.2, -0.15) is 0 Å². The Balaban J connectivity index is 2.11. The second kappa shape index (κ2) is 4.49. The number of aliphatic carboxylic acids is 1. The zero-order valence-electron chi connectivity index (χ0n) is 9.02. The average Bonchev–Trinajstić information content (AvgIpc) is 2.49. The van der Waals surface area contributed by atoms with E-state index in [1.54, 1.807) is 6.08 Å². The number of hydrogen-bond acceptors (Lipinski definition) is 4. The van der Waals surface area contributed by atoms with Crippen molar-refractivity contribution in [1.29, 1.82) is 0 Å². The minimum atomic E-state index is -1.27. The predicted octanol–water partition coefficient (Wildman–Crippen LogP) is -0.356. The molecule has 2 amide bonds. The fourth-order valence-electron chi connectivity index (χ4n) is 2.32. The number of halogens is 1. The quantitative estimate of drug-likeness (QED) is 0.647. The van der Waals surface area contributed by atoms with Gasteiger partial charge in [0.25, 0.3) is 0 Å². The molecular weight excluding hydrogens is 246 g/mol. The van der Waals surface area contributed by atoms with Gasteiger partial charge in [0.05, 0.1) is 11.8 Å². The maximum absolute atomic E-state index is 11.9. The number of carboxylic acid groups (broad SMARTS) is 1. The smallest absolute Gasteiger partial charge is 0.233 e. The minimum Gasteiger partial charge on any atom is -0.550 e. The summed E-state index contributed by atoms with van der Waals surface area (Å²) in [7, 11) is 0. The highest BCUT2D eigenvalue weighted by molar-refractivity contribution is 6.30. The first-order valence-corrected chi connectivity index (χ1v) is 5.78. The predicted molar refractivity (Wildman–Crippen MR) is 56.5 cm³/mol. The van der Waals surface area contributed by atoms with Gasteiger partial charge >= 0.3 is 0 Å². The summed E-state index contributed by atoms with van der Waals surface area (Å²) >= 11 is 5.85. The van der Waals surface area contributed by atoms with Crippen molar-refractivity contribution in [2.45, 2.75) is 19.3 Å². The van der Waals surface area contributed by atoms with Gasteiger partial charge in [-0.25, -0.2) is 0 Å². The standard InChI is InChI=1S/C11H12ClNO4/c12-6-1-2-7-8(5-6)11(17)13(10(7)16)4-3-9(14)15/h1,7-8H,2-5H2,(H,14,15)/p-1/t7-,8-/m0/s1. The van der Waals surface area contributed by atoms with Crippen LogP contribution in [0.25, 0.3) is 0 Å². The number of nitrogens with zero attached hydrogens (tertiary/aromatic N) is 1. The Kier molecular flexibility index (Phi) is 3.19. The molecule has 17 heavy (non-hydrogen) atoms. The summed E-state index contributed by atoms with van der Waals surface area (Å²) in [5, 5.41) is 10.9. The molecule has 92 valence electrons. The van der Waals surface area contributed by atoms with Crippen LogP contribution < -0.4 is 5.11 Å². The summed E-state index contributed by atoms with van der Waals surface area (Å²) in [6, 6.07) is 0. The van der Waals surface area contributed by atoms with Crippen molar-refractivity contribution in [3.8, 4) is 0 Å². The molecule has 1 heterocycles. The van der Waals surface area contributed by atoms with Crippen LogP contribution in [-0.2, 0) is 14.4 Å². The molecule has 2 aliphatic rings. The third kappa shape index (κ3) is 2.20. The first kappa shape index (κ1) is 12.1. The number of imide groups is 1.